The van der Waals surface area contributed by atoms with Crippen LogP contribution in [0.15, 0.2) is 0 Å². The molecule has 1 aromatic heterocycles. The van der Waals surface area contributed by atoms with E-state index >= 15 is 0 Å². The van der Waals surface area contributed by atoms with Crippen molar-refractivity contribution < 1.29 is 9.47 Å². The Hall–Kier alpha value is -1.60. The number of nitrogen functional groups attached to an aromatic ring is 1. The maximum absolute atomic E-state index is 6.07. The van der Waals surface area contributed by atoms with Gasteiger partial charge in [-0.2, -0.15) is 4.98 Å². The topological polar surface area (TPSA) is 85.5 Å². The summed E-state index contributed by atoms with van der Waals surface area (Å²) in [6.45, 7) is 4.73. The molecule has 0 saturated carbocycles. The van der Waals surface area contributed by atoms with Gasteiger partial charge in [0.25, 0.3) is 0 Å². The quantitative estimate of drug-likeness (QED) is 0.623. The zero-order valence-electron chi connectivity index (χ0n) is 13.5. The van der Waals surface area contributed by atoms with Gasteiger partial charge in [0.1, 0.15) is 18.1 Å². The highest BCUT2D eigenvalue weighted by Crippen LogP contribution is 2.26. The van der Waals surface area contributed by atoms with Crippen molar-refractivity contribution in [3.63, 3.8) is 0 Å². The van der Waals surface area contributed by atoms with Gasteiger partial charge in [-0.1, -0.05) is 6.92 Å². The molecule has 0 aliphatic rings. The molecular weight excluding hydrogens is 270 g/mol. The zero-order valence-corrected chi connectivity index (χ0v) is 13.5. The number of hydrogen-bond acceptors (Lipinski definition) is 7. The molecule has 0 fully saturated rings. The highest BCUT2D eigenvalue weighted by atomic mass is 16.5. The molecule has 0 aromatic carbocycles. The first-order valence-corrected chi connectivity index (χ1v) is 7.25. The molecule has 0 saturated heterocycles. The summed E-state index contributed by atoms with van der Waals surface area (Å²) in [5.74, 6) is 1.79. The molecule has 0 aliphatic heterocycles. The fourth-order valence-electron chi connectivity index (χ4n) is 1.72. The molecule has 0 unspecified atom stereocenters. The van der Waals surface area contributed by atoms with Crippen molar-refractivity contribution in [3.05, 3.63) is 5.82 Å². The average molecular weight is 297 g/mol. The van der Waals surface area contributed by atoms with Gasteiger partial charge in [-0.3, -0.25) is 0 Å². The number of rotatable bonds is 10. The van der Waals surface area contributed by atoms with E-state index in [1.54, 1.807) is 7.11 Å². The first-order chi connectivity index (χ1) is 10.1. The van der Waals surface area contributed by atoms with Gasteiger partial charge in [-0.05, 0) is 27.1 Å². The molecule has 1 rings (SSSR count). The van der Waals surface area contributed by atoms with Gasteiger partial charge in [-0.15, -0.1) is 0 Å². The molecule has 7 nitrogen and oxygen atoms in total. The SMILES string of the molecule is CCc1nc(NCCCN(C)C)c(N)c(OCCOC)n1. The smallest absolute Gasteiger partial charge is 0.242 e. The summed E-state index contributed by atoms with van der Waals surface area (Å²) in [7, 11) is 5.73. The second-order valence-electron chi connectivity index (χ2n) is 4.99. The summed E-state index contributed by atoms with van der Waals surface area (Å²) in [4.78, 5) is 10.9. The molecule has 1 aromatic rings. The largest absolute Gasteiger partial charge is 0.474 e. The molecule has 0 spiro atoms. The van der Waals surface area contributed by atoms with Crippen molar-refractivity contribution in [2.24, 2.45) is 0 Å². The summed E-state index contributed by atoms with van der Waals surface area (Å²) in [6, 6.07) is 0. The van der Waals surface area contributed by atoms with E-state index in [1.807, 2.05) is 6.92 Å². The lowest BCUT2D eigenvalue weighted by atomic mass is 10.3. The molecule has 1 heterocycles. The fourth-order valence-corrected chi connectivity index (χ4v) is 1.72. The maximum atomic E-state index is 6.07. The van der Waals surface area contributed by atoms with Crippen molar-refractivity contribution in [1.29, 1.82) is 0 Å². The predicted octanol–water partition coefficient (Wildman–Crippen LogP) is 1.01. The normalized spacial score (nSPS) is 10.9. The number of anilines is 2. The van der Waals surface area contributed by atoms with Crippen molar-refractivity contribution in [1.82, 2.24) is 14.9 Å². The summed E-state index contributed by atoms with van der Waals surface area (Å²) in [5, 5.41) is 3.26. The molecule has 0 bridgehead atoms. The zero-order chi connectivity index (χ0) is 15.7. The number of ether oxygens (including phenoxy) is 2. The lowest BCUT2D eigenvalue weighted by molar-refractivity contribution is 0.144. The molecule has 3 N–H and O–H groups in total. The summed E-state index contributed by atoms with van der Waals surface area (Å²) in [6.07, 6.45) is 1.74. The maximum Gasteiger partial charge on any atom is 0.242 e. The predicted molar refractivity (Wildman–Crippen MR) is 84.9 cm³/mol. The van der Waals surface area contributed by atoms with Gasteiger partial charge in [0, 0.05) is 20.1 Å². The molecule has 7 heteroatoms. The summed E-state index contributed by atoms with van der Waals surface area (Å²) >= 11 is 0. The average Bonchev–Trinajstić information content (AvgIpc) is 2.46. The molecule has 0 aliphatic carbocycles. The first kappa shape index (κ1) is 17.5. The number of methoxy groups -OCH3 is 1. The Bertz CT molecular complexity index is 426. The second-order valence-corrected chi connectivity index (χ2v) is 4.99. The fraction of sp³-hybridized carbons (Fsp3) is 0.714. The van der Waals surface area contributed by atoms with Crippen LogP contribution in [0, 0.1) is 0 Å². The highest BCUT2D eigenvalue weighted by Gasteiger charge is 2.12. The van der Waals surface area contributed by atoms with E-state index in [9.17, 15) is 0 Å². The number of aryl methyl sites for hydroxylation is 1. The summed E-state index contributed by atoms with van der Waals surface area (Å²) < 4.78 is 10.5. The molecular formula is C14H27N5O2. The van der Waals surface area contributed by atoms with Crippen LogP contribution in [-0.2, 0) is 11.2 Å². The van der Waals surface area contributed by atoms with Crippen LogP contribution in [-0.4, -0.2) is 62.4 Å². The van der Waals surface area contributed by atoms with Gasteiger partial charge in [-0.25, -0.2) is 4.98 Å². The van der Waals surface area contributed by atoms with Crippen molar-refractivity contribution in [2.45, 2.75) is 19.8 Å². The third-order valence-corrected chi connectivity index (χ3v) is 2.87. The van der Waals surface area contributed by atoms with Gasteiger partial charge in [0.15, 0.2) is 5.82 Å². The number of aromatic nitrogens is 2. The van der Waals surface area contributed by atoms with Crippen LogP contribution >= 0.6 is 0 Å². The third-order valence-electron chi connectivity index (χ3n) is 2.87. The standard InChI is InChI=1S/C14H27N5O2/c1-5-11-17-13(16-7-6-8-19(2)3)12(15)14(18-11)21-10-9-20-4/h5-10,15H2,1-4H3,(H,16,17,18). The van der Waals surface area contributed by atoms with E-state index in [0.29, 0.717) is 36.4 Å². The first-order valence-electron chi connectivity index (χ1n) is 7.25. The van der Waals surface area contributed by atoms with Crippen molar-refractivity contribution in [2.75, 3.05) is 58.6 Å². The minimum Gasteiger partial charge on any atom is -0.474 e. The van der Waals surface area contributed by atoms with Crippen molar-refractivity contribution >= 4 is 11.5 Å². The third kappa shape index (κ3) is 6.14. The van der Waals surface area contributed by atoms with Crippen LogP contribution in [0.1, 0.15) is 19.2 Å². The monoisotopic (exact) mass is 297 g/mol. The van der Waals surface area contributed by atoms with Gasteiger partial charge in [0.05, 0.1) is 6.61 Å². The molecule has 21 heavy (non-hydrogen) atoms. The number of nitrogens with two attached hydrogens (primary N) is 1. The lowest BCUT2D eigenvalue weighted by Gasteiger charge is -2.14. The minimum atomic E-state index is 0.418. The Morgan fingerprint density at radius 2 is 2.00 bits per heavy atom. The van der Waals surface area contributed by atoms with Crippen LogP contribution in [0.3, 0.4) is 0 Å². The molecule has 0 amide bonds. The van der Waals surface area contributed by atoms with E-state index in [2.05, 4.69) is 34.3 Å². The van der Waals surface area contributed by atoms with Crippen LogP contribution < -0.4 is 15.8 Å². The second kappa shape index (κ2) is 9.36. The Morgan fingerprint density at radius 1 is 1.24 bits per heavy atom. The molecule has 0 radical (unpaired) electrons. The number of nitrogens with one attached hydrogen (secondary N) is 1. The van der Waals surface area contributed by atoms with Gasteiger partial charge < -0.3 is 25.4 Å². The van der Waals surface area contributed by atoms with Crippen LogP contribution in [0.4, 0.5) is 11.5 Å². The lowest BCUT2D eigenvalue weighted by Crippen LogP contribution is -2.18. The Labute approximate surface area is 126 Å². The van der Waals surface area contributed by atoms with E-state index in [-0.39, 0.29) is 0 Å². The molecule has 120 valence electrons. The minimum absolute atomic E-state index is 0.418. The van der Waals surface area contributed by atoms with Crippen LogP contribution in [0.5, 0.6) is 5.88 Å². The van der Waals surface area contributed by atoms with Crippen LogP contribution in [0.2, 0.25) is 0 Å². The molecule has 0 atom stereocenters. The number of hydrogen-bond donors (Lipinski definition) is 2. The number of nitrogens with zero attached hydrogens (tertiary/aromatic N) is 3. The Morgan fingerprint density at radius 3 is 2.62 bits per heavy atom. The van der Waals surface area contributed by atoms with E-state index in [0.717, 1.165) is 25.9 Å². The Balaban J connectivity index is 2.70. The Kier molecular flexibility index (Phi) is 7.78. The van der Waals surface area contributed by atoms with E-state index in [4.69, 9.17) is 15.2 Å². The van der Waals surface area contributed by atoms with Crippen LogP contribution in [0.25, 0.3) is 0 Å². The van der Waals surface area contributed by atoms with Crippen molar-refractivity contribution in [3.8, 4) is 5.88 Å². The van der Waals surface area contributed by atoms with Gasteiger partial charge >= 0.3 is 0 Å². The summed E-state index contributed by atoms with van der Waals surface area (Å²) in [5.41, 5.74) is 6.52. The van der Waals surface area contributed by atoms with Gasteiger partial charge in [0.2, 0.25) is 5.88 Å². The van der Waals surface area contributed by atoms with E-state index < -0.39 is 0 Å². The van der Waals surface area contributed by atoms with E-state index in [1.165, 1.54) is 0 Å². The highest BCUT2D eigenvalue weighted by molar-refractivity contribution is 5.66.